The highest BCUT2D eigenvalue weighted by molar-refractivity contribution is 5.93. The minimum Gasteiger partial charge on any atom is -0.473 e. The zero-order valence-corrected chi connectivity index (χ0v) is 23.9. The van der Waals surface area contributed by atoms with Crippen molar-refractivity contribution in [2.75, 3.05) is 7.11 Å². The van der Waals surface area contributed by atoms with E-state index in [-0.39, 0.29) is 30.0 Å². The summed E-state index contributed by atoms with van der Waals surface area (Å²) in [5.41, 5.74) is 4.45. The molecule has 0 fully saturated rings. The van der Waals surface area contributed by atoms with E-state index in [1.807, 2.05) is 10.6 Å². The molecule has 0 saturated carbocycles. The van der Waals surface area contributed by atoms with Gasteiger partial charge in [0.1, 0.15) is 30.4 Å². The van der Waals surface area contributed by atoms with E-state index in [4.69, 9.17) is 19.7 Å². The van der Waals surface area contributed by atoms with Gasteiger partial charge in [-0.15, -0.1) is 0 Å². The third-order valence-corrected chi connectivity index (χ3v) is 7.18. The Morgan fingerprint density at radius 1 is 0.933 bits per heavy atom. The fraction of sp³-hybridized carbons (Fsp3) is 0.118. The number of ether oxygens (including phenoxy) is 2. The van der Waals surface area contributed by atoms with Crippen molar-refractivity contribution in [2.24, 2.45) is 0 Å². The third-order valence-electron chi connectivity index (χ3n) is 7.18. The number of hydrogen-bond donors (Lipinski definition) is 0. The number of carbonyl (C=O) groups is 1. The summed E-state index contributed by atoms with van der Waals surface area (Å²) in [6, 6.07) is 21.0. The van der Waals surface area contributed by atoms with Crippen molar-refractivity contribution in [1.82, 2.24) is 24.5 Å². The van der Waals surface area contributed by atoms with Gasteiger partial charge in [-0.3, -0.25) is 0 Å². The van der Waals surface area contributed by atoms with Crippen LogP contribution in [0, 0.1) is 23.0 Å². The van der Waals surface area contributed by atoms with Crippen LogP contribution >= 0.6 is 0 Å². The summed E-state index contributed by atoms with van der Waals surface area (Å²) in [5.74, 6) is -0.633. The highest BCUT2D eigenvalue weighted by Crippen LogP contribution is 2.26. The van der Waals surface area contributed by atoms with Gasteiger partial charge in [0.25, 0.3) is 0 Å². The molecule has 11 heteroatoms. The average Bonchev–Trinajstić information content (AvgIpc) is 3.40. The molecule has 0 atom stereocenters. The Morgan fingerprint density at radius 2 is 1.73 bits per heavy atom. The first-order valence-corrected chi connectivity index (χ1v) is 13.8. The number of imidazole rings is 1. The molecular weight excluding hydrogens is 578 g/mol. The average molecular weight is 603 g/mol. The summed E-state index contributed by atoms with van der Waals surface area (Å²) in [5, 5.41) is 8.93. The van der Waals surface area contributed by atoms with Gasteiger partial charge in [0.2, 0.25) is 5.88 Å². The molecule has 0 aliphatic heterocycles. The molecule has 222 valence electrons. The maximum Gasteiger partial charge on any atom is 0.337 e. The number of benzene rings is 3. The van der Waals surface area contributed by atoms with Crippen molar-refractivity contribution in [1.29, 1.82) is 5.26 Å². The number of hydrogen-bond acceptors (Lipinski definition) is 8. The van der Waals surface area contributed by atoms with E-state index in [9.17, 15) is 9.18 Å². The van der Waals surface area contributed by atoms with E-state index >= 15 is 4.39 Å². The van der Waals surface area contributed by atoms with Gasteiger partial charge in [-0.2, -0.15) is 5.26 Å². The molecule has 9 nitrogen and oxygen atoms in total. The molecule has 0 saturated heterocycles. The molecule has 6 rings (SSSR count). The zero-order chi connectivity index (χ0) is 31.3. The van der Waals surface area contributed by atoms with Crippen LogP contribution < -0.4 is 4.74 Å². The highest BCUT2D eigenvalue weighted by atomic mass is 19.1. The number of pyridine rings is 1. The topological polar surface area (TPSA) is 116 Å². The molecule has 0 unspecified atom stereocenters. The fourth-order valence-electron chi connectivity index (χ4n) is 4.88. The molecule has 45 heavy (non-hydrogen) atoms. The van der Waals surface area contributed by atoms with Crippen molar-refractivity contribution in [3.8, 4) is 23.2 Å². The van der Waals surface area contributed by atoms with Gasteiger partial charge in [-0.25, -0.2) is 33.5 Å². The number of rotatable bonds is 9. The van der Waals surface area contributed by atoms with E-state index in [1.54, 1.807) is 60.9 Å². The van der Waals surface area contributed by atoms with Crippen molar-refractivity contribution >= 4 is 17.0 Å². The van der Waals surface area contributed by atoms with Crippen LogP contribution in [0.1, 0.15) is 38.4 Å². The quantitative estimate of drug-likeness (QED) is 0.184. The summed E-state index contributed by atoms with van der Waals surface area (Å²) in [6.45, 7) is 0.276. The fourth-order valence-corrected chi connectivity index (χ4v) is 4.88. The first-order valence-electron chi connectivity index (χ1n) is 13.8. The predicted octanol–water partition coefficient (Wildman–Crippen LogP) is 6.04. The molecule has 0 aliphatic carbocycles. The number of nitrogens with zero attached hydrogens (tertiary/aromatic N) is 6. The van der Waals surface area contributed by atoms with Gasteiger partial charge in [0.15, 0.2) is 0 Å². The van der Waals surface area contributed by atoms with Crippen molar-refractivity contribution in [3.63, 3.8) is 0 Å². The molecular formula is C34H24F2N6O3. The first kappa shape index (κ1) is 29.1. The van der Waals surface area contributed by atoms with Crippen molar-refractivity contribution < 1.29 is 23.0 Å². The van der Waals surface area contributed by atoms with E-state index in [1.165, 1.54) is 31.6 Å². The van der Waals surface area contributed by atoms with Crippen molar-refractivity contribution in [3.05, 3.63) is 137 Å². The van der Waals surface area contributed by atoms with Crippen molar-refractivity contribution in [2.45, 2.75) is 19.6 Å². The van der Waals surface area contributed by atoms with Gasteiger partial charge in [0, 0.05) is 41.6 Å². The summed E-state index contributed by atoms with van der Waals surface area (Å²) in [7, 11) is 1.32. The molecule has 0 aliphatic rings. The lowest BCUT2D eigenvalue weighted by Crippen LogP contribution is -2.08. The number of methoxy groups -OCH3 is 1. The van der Waals surface area contributed by atoms with Crippen LogP contribution in [0.5, 0.6) is 5.88 Å². The SMILES string of the molecule is COC(=O)c1ccc2nc(Cc3ccc(-c4cccc(OCc5ccc(C#N)cc5F)n4)cc3F)n(Cc3cncnc3)c2c1. The van der Waals surface area contributed by atoms with Gasteiger partial charge in [-0.05, 0) is 48.0 Å². The molecule has 3 heterocycles. The Labute approximate surface area is 256 Å². The Kier molecular flexibility index (Phi) is 8.20. The van der Waals surface area contributed by atoms with Gasteiger partial charge < -0.3 is 14.0 Å². The second-order valence-electron chi connectivity index (χ2n) is 10.1. The van der Waals surface area contributed by atoms with Crippen LogP contribution in [0.3, 0.4) is 0 Å². The van der Waals surface area contributed by atoms with Gasteiger partial charge >= 0.3 is 5.97 Å². The number of carbonyl (C=O) groups excluding carboxylic acids is 1. The third kappa shape index (κ3) is 6.35. The van der Waals surface area contributed by atoms with Gasteiger partial charge in [0.05, 0.1) is 47.6 Å². The van der Waals surface area contributed by atoms with E-state index in [2.05, 4.69) is 15.0 Å². The maximum absolute atomic E-state index is 15.6. The summed E-state index contributed by atoms with van der Waals surface area (Å²) in [6.07, 6.45) is 4.99. The van der Waals surface area contributed by atoms with Crippen LogP contribution in [0.4, 0.5) is 8.78 Å². The number of nitriles is 1. The smallest absolute Gasteiger partial charge is 0.337 e. The van der Waals surface area contributed by atoms with Crippen LogP contribution in [0.25, 0.3) is 22.3 Å². The monoisotopic (exact) mass is 602 g/mol. The number of fused-ring (bicyclic) bond motifs is 1. The Morgan fingerprint density at radius 3 is 2.49 bits per heavy atom. The molecule has 0 spiro atoms. The zero-order valence-electron chi connectivity index (χ0n) is 23.9. The molecule has 0 bridgehead atoms. The number of halogens is 2. The van der Waals surface area contributed by atoms with E-state index in [0.29, 0.717) is 45.8 Å². The second-order valence-corrected chi connectivity index (χ2v) is 10.1. The molecule has 0 N–H and O–H groups in total. The Hall–Kier alpha value is -6.02. The predicted molar refractivity (Wildman–Crippen MR) is 160 cm³/mol. The standard InChI is InChI=1S/C34H24F2N6O3/c1-44-34(43)25-9-10-30-31(13-25)42(18-22-16-38-20-39-17-22)32(40-30)14-23-7-8-24(12-28(23)36)29-3-2-4-33(41-29)45-19-26-6-5-21(15-37)11-27(26)35/h2-13,16-17,20H,14,18-19H2,1H3. The lowest BCUT2D eigenvalue weighted by Gasteiger charge is -2.11. The van der Waals surface area contributed by atoms with Crippen LogP contribution in [-0.2, 0) is 24.3 Å². The Balaban J connectivity index is 1.26. The minimum absolute atomic E-state index is 0.0848. The lowest BCUT2D eigenvalue weighted by atomic mass is 10.1. The maximum atomic E-state index is 15.6. The molecule has 3 aromatic carbocycles. The van der Waals surface area contributed by atoms with E-state index in [0.717, 1.165) is 11.6 Å². The normalized spacial score (nSPS) is 10.9. The second kappa shape index (κ2) is 12.7. The first-order chi connectivity index (χ1) is 21.9. The summed E-state index contributed by atoms with van der Waals surface area (Å²) < 4.78 is 42.3. The highest BCUT2D eigenvalue weighted by Gasteiger charge is 2.17. The molecule has 6 aromatic rings. The number of aromatic nitrogens is 5. The van der Waals surface area contributed by atoms with Gasteiger partial charge in [-0.1, -0.05) is 24.3 Å². The lowest BCUT2D eigenvalue weighted by molar-refractivity contribution is 0.0601. The number of esters is 1. The minimum atomic E-state index is -0.544. The summed E-state index contributed by atoms with van der Waals surface area (Å²) >= 11 is 0. The van der Waals surface area contributed by atoms with Crippen LogP contribution in [-0.4, -0.2) is 37.6 Å². The largest absolute Gasteiger partial charge is 0.473 e. The summed E-state index contributed by atoms with van der Waals surface area (Å²) in [4.78, 5) is 29.6. The van der Waals surface area contributed by atoms with Crippen LogP contribution in [0.15, 0.2) is 91.5 Å². The molecule has 3 aromatic heterocycles. The van der Waals surface area contributed by atoms with E-state index < -0.39 is 17.6 Å². The Bertz CT molecular complexity index is 2080. The molecule has 0 amide bonds. The molecule has 0 radical (unpaired) electrons. The van der Waals surface area contributed by atoms with Crippen LogP contribution in [0.2, 0.25) is 0 Å².